The van der Waals surface area contributed by atoms with Gasteiger partial charge < -0.3 is 10.0 Å². The number of anilines is 1. The van der Waals surface area contributed by atoms with Gasteiger partial charge >= 0.3 is 0 Å². The molecule has 0 aliphatic heterocycles. The molecule has 1 aromatic rings. The number of nitrogens with one attached hydrogen (secondary N) is 1. The first-order valence-corrected chi connectivity index (χ1v) is 7.99. The van der Waals surface area contributed by atoms with Gasteiger partial charge in [0, 0.05) is 31.9 Å². The number of benzene rings is 1. The van der Waals surface area contributed by atoms with E-state index >= 15 is 0 Å². The topological polar surface area (TPSA) is 69.6 Å². The molecule has 0 radical (unpaired) electrons. The van der Waals surface area contributed by atoms with Gasteiger partial charge in [-0.1, -0.05) is 6.92 Å². The molecule has 0 unspecified atom stereocenters. The third-order valence-electron chi connectivity index (χ3n) is 2.81. The van der Waals surface area contributed by atoms with Crippen LogP contribution in [0.15, 0.2) is 29.2 Å². The molecule has 0 aliphatic carbocycles. The Morgan fingerprint density at radius 3 is 2.32 bits per heavy atom. The number of aliphatic hydroxyl groups is 1. The van der Waals surface area contributed by atoms with Gasteiger partial charge in [0.1, 0.15) is 0 Å². The van der Waals surface area contributed by atoms with Crippen LogP contribution in [0.1, 0.15) is 20.3 Å². The van der Waals surface area contributed by atoms with Gasteiger partial charge in [-0.05, 0) is 37.6 Å². The second-order valence-corrected chi connectivity index (χ2v) is 5.92. The van der Waals surface area contributed by atoms with Crippen molar-refractivity contribution in [2.24, 2.45) is 0 Å². The fraction of sp³-hybridized carbons (Fsp3) is 0.538. The number of hydrogen-bond donors (Lipinski definition) is 2. The van der Waals surface area contributed by atoms with Crippen molar-refractivity contribution in [3.63, 3.8) is 0 Å². The minimum Gasteiger partial charge on any atom is -0.396 e. The highest BCUT2D eigenvalue weighted by Crippen LogP contribution is 2.18. The van der Waals surface area contributed by atoms with Crippen LogP contribution in [0.5, 0.6) is 0 Å². The molecule has 0 spiro atoms. The molecule has 0 fully saturated rings. The highest BCUT2D eigenvalue weighted by molar-refractivity contribution is 7.89. The molecule has 0 aromatic heterocycles. The fourth-order valence-corrected chi connectivity index (χ4v) is 2.88. The summed E-state index contributed by atoms with van der Waals surface area (Å²) in [7, 11) is -3.38. The average Bonchev–Trinajstić information content (AvgIpc) is 2.40. The summed E-state index contributed by atoms with van der Waals surface area (Å²) in [5, 5.41) is 8.85. The number of aliphatic hydroxyl groups excluding tert-OH is 1. The molecule has 0 bridgehead atoms. The monoisotopic (exact) mass is 286 g/mol. The molecule has 2 N–H and O–H groups in total. The SMILES string of the molecule is CCNS(=O)(=O)c1ccc(N(CC)CCCO)cc1. The smallest absolute Gasteiger partial charge is 0.240 e. The van der Waals surface area contributed by atoms with Gasteiger partial charge in [-0.2, -0.15) is 0 Å². The summed E-state index contributed by atoms with van der Waals surface area (Å²) in [5.41, 5.74) is 0.964. The zero-order chi connectivity index (χ0) is 14.3. The van der Waals surface area contributed by atoms with Gasteiger partial charge in [-0.15, -0.1) is 0 Å². The van der Waals surface area contributed by atoms with Crippen LogP contribution in [-0.2, 0) is 10.0 Å². The van der Waals surface area contributed by atoms with E-state index in [2.05, 4.69) is 9.62 Å². The van der Waals surface area contributed by atoms with Gasteiger partial charge in [0.25, 0.3) is 0 Å². The molecule has 0 saturated heterocycles. The van der Waals surface area contributed by atoms with Crippen LogP contribution in [0.3, 0.4) is 0 Å². The molecule has 108 valence electrons. The molecule has 0 saturated carbocycles. The fourth-order valence-electron chi connectivity index (χ4n) is 1.84. The van der Waals surface area contributed by atoms with Crippen molar-refractivity contribution in [3.05, 3.63) is 24.3 Å². The first kappa shape index (κ1) is 15.9. The van der Waals surface area contributed by atoms with Crippen molar-refractivity contribution in [2.45, 2.75) is 25.2 Å². The summed E-state index contributed by atoms with van der Waals surface area (Å²) in [6.45, 7) is 5.89. The zero-order valence-electron chi connectivity index (χ0n) is 11.5. The van der Waals surface area contributed by atoms with E-state index in [1.807, 2.05) is 6.92 Å². The van der Waals surface area contributed by atoms with Crippen LogP contribution in [0.4, 0.5) is 5.69 Å². The van der Waals surface area contributed by atoms with Gasteiger partial charge in [0.2, 0.25) is 10.0 Å². The third kappa shape index (κ3) is 4.49. The molecule has 0 atom stereocenters. The van der Waals surface area contributed by atoms with Gasteiger partial charge in [-0.25, -0.2) is 13.1 Å². The maximum atomic E-state index is 11.8. The van der Waals surface area contributed by atoms with Crippen molar-refractivity contribution in [1.29, 1.82) is 0 Å². The Labute approximate surface area is 115 Å². The van der Waals surface area contributed by atoms with Crippen LogP contribution < -0.4 is 9.62 Å². The van der Waals surface area contributed by atoms with Crippen LogP contribution in [0, 0.1) is 0 Å². The van der Waals surface area contributed by atoms with E-state index in [4.69, 9.17) is 5.11 Å². The third-order valence-corrected chi connectivity index (χ3v) is 4.38. The van der Waals surface area contributed by atoms with E-state index in [-0.39, 0.29) is 11.5 Å². The lowest BCUT2D eigenvalue weighted by molar-refractivity contribution is 0.289. The summed E-state index contributed by atoms with van der Waals surface area (Å²) in [5.74, 6) is 0. The molecule has 5 nitrogen and oxygen atoms in total. The van der Waals surface area contributed by atoms with Crippen molar-refractivity contribution in [2.75, 3.05) is 31.1 Å². The second-order valence-electron chi connectivity index (χ2n) is 4.15. The molecular weight excluding hydrogens is 264 g/mol. The predicted molar refractivity (Wildman–Crippen MR) is 76.9 cm³/mol. The van der Waals surface area contributed by atoms with Crippen molar-refractivity contribution >= 4 is 15.7 Å². The molecule has 19 heavy (non-hydrogen) atoms. The Hall–Kier alpha value is -1.11. The summed E-state index contributed by atoms with van der Waals surface area (Å²) < 4.78 is 26.1. The Kier molecular flexibility index (Phi) is 6.27. The van der Waals surface area contributed by atoms with E-state index in [1.165, 1.54) is 0 Å². The number of nitrogens with zero attached hydrogens (tertiary/aromatic N) is 1. The predicted octanol–water partition coefficient (Wildman–Crippen LogP) is 1.19. The maximum Gasteiger partial charge on any atom is 0.240 e. The number of rotatable bonds is 8. The van der Waals surface area contributed by atoms with Crippen LogP contribution in [0.25, 0.3) is 0 Å². The summed E-state index contributed by atoms with van der Waals surface area (Å²) in [4.78, 5) is 2.37. The molecule has 0 aliphatic rings. The van der Waals surface area contributed by atoms with E-state index in [9.17, 15) is 8.42 Å². The molecule has 1 aromatic carbocycles. The van der Waals surface area contributed by atoms with Crippen LogP contribution in [0.2, 0.25) is 0 Å². The van der Waals surface area contributed by atoms with E-state index in [0.717, 1.165) is 18.8 Å². The van der Waals surface area contributed by atoms with Gasteiger partial charge in [0.15, 0.2) is 0 Å². The molecule has 6 heteroatoms. The molecule has 1 rings (SSSR count). The highest BCUT2D eigenvalue weighted by atomic mass is 32.2. The first-order chi connectivity index (χ1) is 9.05. The lowest BCUT2D eigenvalue weighted by Crippen LogP contribution is -2.25. The Bertz CT molecular complexity index is 471. The first-order valence-electron chi connectivity index (χ1n) is 6.50. The summed E-state index contributed by atoms with van der Waals surface area (Å²) >= 11 is 0. The van der Waals surface area contributed by atoms with E-state index in [0.29, 0.717) is 13.0 Å². The van der Waals surface area contributed by atoms with E-state index in [1.54, 1.807) is 31.2 Å². The van der Waals surface area contributed by atoms with Crippen molar-refractivity contribution in [3.8, 4) is 0 Å². The Morgan fingerprint density at radius 2 is 1.84 bits per heavy atom. The summed E-state index contributed by atoms with van der Waals surface area (Å²) in [6.07, 6.45) is 0.700. The quantitative estimate of drug-likeness (QED) is 0.753. The van der Waals surface area contributed by atoms with Crippen LogP contribution in [-0.4, -0.2) is 39.8 Å². The molecular formula is C13H22N2O3S. The van der Waals surface area contributed by atoms with E-state index < -0.39 is 10.0 Å². The maximum absolute atomic E-state index is 11.8. The lowest BCUT2D eigenvalue weighted by Gasteiger charge is -2.22. The normalized spacial score (nSPS) is 11.5. The summed E-state index contributed by atoms with van der Waals surface area (Å²) in [6, 6.07) is 6.81. The minimum absolute atomic E-state index is 0.156. The highest BCUT2D eigenvalue weighted by Gasteiger charge is 2.12. The Balaban J connectivity index is 2.86. The average molecular weight is 286 g/mol. The van der Waals surface area contributed by atoms with Gasteiger partial charge in [0.05, 0.1) is 4.90 Å². The zero-order valence-corrected chi connectivity index (χ0v) is 12.3. The lowest BCUT2D eigenvalue weighted by atomic mass is 10.2. The Morgan fingerprint density at radius 1 is 1.21 bits per heavy atom. The second kappa shape index (κ2) is 7.47. The number of hydrogen-bond acceptors (Lipinski definition) is 4. The van der Waals surface area contributed by atoms with Crippen molar-refractivity contribution in [1.82, 2.24) is 4.72 Å². The molecule has 0 heterocycles. The standard InChI is InChI=1S/C13H22N2O3S/c1-3-14-19(17,18)13-8-6-12(7-9-13)15(4-2)10-5-11-16/h6-9,14,16H,3-5,10-11H2,1-2H3. The van der Waals surface area contributed by atoms with Crippen molar-refractivity contribution < 1.29 is 13.5 Å². The van der Waals surface area contributed by atoms with Gasteiger partial charge in [-0.3, -0.25) is 0 Å². The number of sulfonamides is 1. The molecule has 0 amide bonds. The minimum atomic E-state index is -3.38. The van der Waals surface area contributed by atoms with Crippen LogP contribution >= 0.6 is 0 Å². The largest absolute Gasteiger partial charge is 0.396 e.